The first-order chi connectivity index (χ1) is 16.2. The van der Waals surface area contributed by atoms with E-state index in [1.165, 1.54) is 16.7 Å². The molecule has 0 spiro atoms. The zero-order valence-corrected chi connectivity index (χ0v) is 19.2. The minimum Gasteiger partial charge on any atom is -0.492 e. The number of nitrogens with zero attached hydrogens (tertiary/aromatic N) is 1. The van der Waals surface area contributed by atoms with Gasteiger partial charge < -0.3 is 9.15 Å². The highest BCUT2D eigenvalue weighted by molar-refractivity contribution is 5.44. The molecular formula is C30H31NO2. The number of fused-ring (bicyclic) bond motifs is 1. The number of aryl methyl sites for hydroxylation is 2. The molecule has 0 saturated heterocycles. The van der Waals surface area contributed by atoms with E-state index < -0.39 is 0 Å². The van der Waals surface area contributed by atoms with E-state index in [1.807, 2.05) is 6.92 Å². The Morgan fingerprint density at radius 1 is 0.758 bits per heavy atom. The number of rotatable bonds is 9. The molecule has 0 aliphatic carbocycles. The second kappa shape index (κ2) is 9.68. The molecule has 3 nitrogen and oxygen atoms in total. The summed E-state index contributed by atoms with van der Waals surface area (Å²) >= 11 is 0. The van der Waals surface area contributed by atoms with Crippen molar-refractivity contribution < 1.29 is 9.15 Å². The molecule has 4 aromatic rings. The van der Waals surface area contributed by atoms with Gasteiger partial charge in [0.15, 0.2) is 0 Å². The van der Waals surface area contributed by atoms with E-state index >= 15 is 0 Å². The highest BCUT2D eigenvalue weighted by atomic mass is 16.5. The minimum absolute atomic E-state index is 0.0825. The van der Waals surface area contributed by atoms with Crippen molar-refractivity contribution in [3.8, 4) is 5.75 Å². The molecule has 1 aromatic heterocycles. The first-order valence-electron chi connectivity index (χ1n) is 11.8. The Labute approximate surface area is 196 Å². The first kappa shape index (κ1) is 21.5. The monoisotopic (exact) mass is 437 g/mol. The van der Waals surface area contributed by atoms with E-state index in [9.17, 15) is 0 Å². The van der Waals surface area contributed by atoms with Crippen molar-refractivity contribution in [2.45, 2.75) is 38.3 Å². The van der Waals surface area contributed by atoms with Gasteiger partial charge in [-0.25, -0.2) is 0 Å². The summed E-state index contributed by atoms with van der Waals surface area (Å²) in [4.78, 5) is 2.57. The zero-order chi connectivity index (χ0) is 22.5. The van der Waals surface area contributed by atoms with Crippen LogP contribution in [0.4, 0.5) is 0 Å². The summed E-state index contributed by atoms with van der Waals surface area (Å²) in [6.07, 6.45) is 1.88. The predicted octanol–water partition coefficient (Wildman–Crippen LogP) is 6.55. The van der Waals surface area contributed by atoms with E-state index in [4.69, 9.17) is 9.15 Å². The van der Waals surface area contributed by atoms with Crippen molar-refractivity contribution in [1.29, 1.82) is 0 Å². The number of furan rings is 1. The van der Waals surface area contributed by atoms with Crippen molar-refractivity contribution in [2.75, 3.05) is 13.2 Å². The van der Waals surface area contributed by atoms with Crippen molar-refractivity contribution in [3.05, 3.63) is 125 Å². The van der Waals surface area contributed by atoms with Crippen LogP contribution in [0.25, 0.3) is 0 Å². The Hall–Kier alpha value is -3.30. The number of benzene rings is 3. The van der Waals surface area contributed by atoms with Crippen LogP contribution in [-0.2, 0) is 24.9 Å². The molecule has 1 atom stereocenters. The molecule has 3 heteroatoms. The molecule has 1 aliphatic heterocycles. The summed E-state index contributed by atoms with van der Waals surface area (Å²) in [6, 6.07) is 34.2. The molecule has 0 radical (unpaired) electrons. The standard InChI is InChI=1S/C30H31NO2/c1-24-16-17-27(33-24)18-19-30(23-32-29-15-9-8-14-28(29)30)22-31(20-25-10-4-2-5-11-25)21-26-12-6-3-7-13-26/h2-17H,18-23H2,1H3/t30-/m0/s1. The van der Waals surface area contributed by atoms with Gasteiger partial charge in [-0.05, 0) is 42.7 Å². The SMILES string of the molecule is Cc1ccc(CC[C@]2(CN(Cc3ccccc3)Cc3ccccc3)COc3ccccc32)o1. The van der Waals surface area contributed by atoms with Crippen LogP contribution in [0.5, 0.6) is 5.75 Å². The normalized spacial score (nSPS) is 17.2. The van der Waals surface area contributed by atoms with Crippen LogP contribution in [0, 0.1) is 6.92 Å². The molecule has 0 fully saturated rings. The van der Waals surface area contributed by atoms with Crippen LogP contribution in [0.2, 0.25) is 0 Å². The van der Waals surface area contributed by atoms with Gasteiger partial charge in [-0.3, -0.25) is 4.90 Å². The number of hydrogen-bond donors (Lipinski definition) is 0. The molecule has 2 heterocycles. The number of hydrogen-bond acceptors (Lipinski definition) is 3. The van der Waals surface area contributed by atoms with E-state index in [-0.39, 0.29) is 5.41 Å². The van der Waals surface area contributed by atoms with Gasteiger partial charge >= 0.3 is 0 Å². The fourth-order valence-corrected chi connectivity index (χ4v) is 5.00. The maximum atomic E-state index is 6.25. The van der Waals surface area contributed by atoms with Crippen LogP contribution in [-0.4, -0.2) is 18.1 Å². The summed E-state index contributed by atoms with van der Waals surface area (Å²) in [7, 11) is 0. The highest BCUT2D eigenvalue weighted by Crippen LogP contribution is 2.43. The molecule has 168 valence electrons. The average molecular weight is 438 g/mol. The molecule has 0 unspecified atom stereocenters. The number of para-hydroxylation sites is 1. The minimum atomic E-state index is -0.0825. The largest absolute Gasteiger partial charge is 0.492 e. The van der Waals surface area contributed by atoms with Crippen molar-refractivity contribution in [2.24, 2.45) is 0 Å². The van der Waals surface area contributed by atoms with Crippen LogP contribution in [0.1, 0.15) is 34.6 Å². The third-order valence-corrected chi connectivity index (χ3v) is 6.63. The fourth-order valence-electron chi connectivity index (χ4n) is 5.00. The van der Waals surface area contributed by atoms with E-state index in [0.717, 1.165) is 49.7 Å². The molecule has 1 aliphatic rings. The second-order valence-corrected chi connectivity index (χ2v) is 9.19. The molecule has 3 aromatic carbocycles. The number of ether oxygens (including phenoxy) is 1. The second-order valence-electron chi connectivity index (χ2n) is 9.19. The average Bonchev–Trinajstić information content (AvgIpc) is 3.43. The smallest absolute Gasteiger partial charge is 0.123 e. The van der Waals surface area contributed by atoms with E-state index in [2.05, 4.69) is 102 Å². The van der Waals surface area contributed by atoms with Gasteiger partial charge in [0.05, 0.1) is 6.61 Å². The van der Waals surface area contributed by atoms with Gasteiger partial charge in [-0.1, -0.05) is 78.9 Å². The third-order valence-electron chi connectivity index (χ3n) is 6.63. The third kappa shape index (κ3) is 5.04. The summed E-state index contributed by atoms with van der Waals surface area (Å²) < 4.78 is 12.2. The molecule has 0 amide bonds. The lowest BCUT2D eigenvalue weighted by molar-refractivity contribution is 0.153. The zero-order valence-electron chi connectivity index (χ0n) is 19.2. The van der Waals surface area contributed by atoms with Gasteiger partial charge in [-0.15, -0.1) is 0 Å². The van der Waals surface area contributed by atoms with Gasteiger partial charge in [-0.2, -0.15) is 0 Å². The highest BCUT2D eigenvalue weighted by Gasteiger charge is 2.41. The summed E-state index contributed by atoms with van der Waals surface area (Å²) in [6.45, 7) is 5.44. The van der Waals surface area contributed by atoms with Gasteiger partial charge in [0.1, 0.15) is 17.3 Å². The van der Waals surface area contributed by atoms with Crippen molar-refractivity contribution in [3.63, 3.8) is 0 Å². The van der Waals surface area contributed by atoms with Gasteiger partial charge in [0.2, 0.25) is 0 Å². The van der Waals surface area contributed by atoms with Crippen LogP contribution in [0.15, 0.2) is 101 Å². The predicted molar refractivity (Wildman–Crippen MR) is 132 cm³/mol. The Bertz CT molecular complexity index is 1130. The lowest BCUT2D eigenvalue weighted by Crippen LogP contribution is -2.42. The Balaban J connectivity index is 1.45. The van der Waals surface area contributed by atoms with Crippen molar-refractivity contribution >= 4 is 0 Å². The summed E-state index contributed by atoms with van der Waals surface area (Å²) in [5.74, 6) is 3.04. The maximum Gasteiger partial charge on any atom is 0.123 e. The van der Waals surface area contributed by atoms with Gasteiger partial charge in [0, 0.05) is 37.0 Å². The Morgan fingerprint density at radius 3 is 2.03 bits per heavy atom. The molecule has 33 heavy (non-hydrogen) atoms. The van der Waals surface area contributed by atoms with Crippen LogP contribution >= 0.6 is 0 Å². The molecule has 0 N–H and O–H groups in total. The maximum absolute atomic E-state index is 6.25. The first-order valence-corrected chi connectivity index (χ1v) is 11.8. The topological polar surface area (TPSA) is 25.6 Å². The Morgan fingerprint density at radius 2 is 1.39 bits per heavy atom. The van der Waals surface area contributed by atoms with Crippen LogP contribution in [0.3, 0.4) is 0 Å². The van der Waals surface area contributed by atoms with Crippen LogP contribution < -0.4 is 4.74 Å². The van der Waals surface area contributed by atoms with Crippen molar-refractivity contribution in [1.82, 2.24) is 4.90 Å². The summed E-state index contributed by atoms with van der Waals surface area (Å²) in [5, 5.41) is 0. The van der Waals surface area contributed by atoms with E-state index in [1.54, 1.807) is 0 Å². The molecular weight excluding hydrogens is 406 g/mol. The Kier molecular flexibility index (Phi) is 6.32. The molecule has 5 rings (SSSR count). The quantitative estimate of drug-likeness (QED) is 0.297. The molecule has 0 bridgehead atoms. The van der Waals surface area contributed by atoms with E-state index in [0.29, 0.717) is 6.61 Å². The summed E-state index contributed by atoms with van der Waals surface area (Å²) in [5.41, 5.74) is 3.90. The molecule has 0 saturated carbocycles. The fraction of sp³-hybridized carbons (Fsp3) is 0.267. The lowest BCUT2D eigenvalue weighted by atomic mass is 9.77. The van der Waals surface area contributed by atoms with Gasteiger partial charge in [0.25, 0.3) is 0 Å². The lowest BCUT2D eigenvalue weighted by Gasteiger charge is -2.35.